The van der Waals surface area contributed by atoms with Crippen molar-refractivity contribution in [2.24, 2.45) is 0 Å². The number of imidazole rings is 1. The van der Waals surface area contributed by atoms with Gasteiger partial charge >= 0.3 is 0 Å². The van der Waals surface area contributed by atoms with Gasteiger partial charge in [0.1, 0.15) is 0 Å². The minimum Gasteiger partial charge on any atom is -0.335 e. The van der Waals surface area contributed by atoms with Crippen LogP contribution in [0.5, 0.6) is 0 Å². The van der Waals surface area contributed by atoms with Gasteiger partial charge in [-0.1, -0.05) is 13.3 Å². The average molecular weight is 350 g/mol. The molecule has 126 valence electrons. The average Bonchev–Trinajstić information content (AvgIpc) is 2.89. The van der Waals surface area contributed by atoms with Crippen molar-refractivity contribution in [1.29, 1.82) is 0 Å². The van der Waals surface area contributed by atoms with Crippen molar-refractivity contribution in [2.75, 3.05) is 31.9 Å². The molecule has 1 aromatic heterocycles. The third kappa shape index (κ3) is 3.86. The van der Waals surface area contributed by atoms with E-state index in [-0.39, 0.29) is 23.9 Å². The molecule has 1 fully saturated rings. The number of hydrogen-bond acceptors (Lipinski definition) is 5. The maximum absolute atomic E-state index is 12.4. The van der Waals surface area contributed by atoms with Crippen LogP contribution < -0.4 is 0 Å². The molecule has 0 aromatic carbocycles. The lowest BCUT2D eigenvalue weighted by Gasteiger charge is -2.21. The van der Waals surface area contributed by atoms with Gasteiger partial charge in [0.05, 0.1) is 18.3 Å². The van der Waals surface area contributed by atoms with Gasteiger partial charge in [0.25, 0.3) is 10.0 Å². The van der Waals surface area contributed by atoms with E-state index < -0.39 is 20.0 Å². The highest BCUT2D eigenvalue weighted by atomic mass is 32.2. The molecule has 22 heavy (non-hydrogen) atoms. The number of rotatable bonds is 6. The summed E-state index contributed by atoms with van der Waals surface area (Å²) in [6.45, 7) is 2.96. The molecule has 1 N–H and O–H groups in total. The Morgan fingerprint density at radius 2 is 1.82 bits per heavy atom. The Morgan fingerprint density at radius 1 is 1.14 bits per heavy atom. The van der Waals surface area contributed by atoms with E-state index >= 15 is 0 Å². The zero-order valence-electron chi connectivity index (χ0n) is 12.6. The number of sulfonamides is 2. The lowest BCUT2D eigenvalue weighted by Crippen LogP contribution is -2.38. The second-order valence-corrected chi connectivity index (χ2v) is 9.24. The van der Waals surface area contributed by atoms with Crippen LogP contribution in [0.4, 0.5) is 0 Å². The molecule has 1 saturated heterocycles. The molecule has 0 spiro atoms. The summed E-state index contributed by atoms with van der Waals surface area (Å²) in [5.41, 5.74) is 0. The molecule has 0 bridgehead atoms. The maximum atomic E-state index is 12.4. The van der Waals surface area contributed by atoms with E-state index in [1.807, 2.05) is 6.92 Å². The number of aromatic amines is 1. The van der Waals surface area contributed by atoms with E-state index in [0.717, 1.165) is 6.42 Å². The summed E-state index contributed by atoms with van der Waals surface area (Å²) in [4.78, 5) is 6.32. The van der Waals surface area contributed by atoms with E-state index in [9.17, 15) is 16.8 Å². The fraction of sp³-hybridized carbons (Fsp3) is 0.750. The number of unbranched alkanes of at least 4 members (excludes halogenated alkanes) is 1. The standard InChI is InChI=1S/C12H22N4O4S2/c1-2-3-9-21(17,18)15-5-4-6-16(8-7-15)22(19,20)12-10-13-11-14-12/h10-11H,2-9H2,1H3,(H,13,14). The Labute approximate surface area is 131 Å². The van der Waals surface area contributed by atoms with Crippen molar-refractivity contribution in [3.8, 4) is 0 Å². The highest BCUT2D eigenvalue weighted by molar-refractivity contribution is 7.89. The van der Waals surface area contributed by atoms with E-state index in [1.165, 1.54) is 21.1 Å². The van der Waals surface area contributed by atoms with Gasteiger partial charge < -0.3 is 4.98 Å². The molecular formula is C12H22N4O4S2. The van der Waals surface area contributed by atoms with Gasteiger partial charge in [-0.15, -0.1) is 0 Å². The molecule has 2 rings (SSSR count). The summed E-state index contributed by atoms with van der Waals surface area (Å²) in [5.74, 6) is 0.122. The number of hydrogen-bond donors (Lipinski definition) is 1. The first-order valence-electron chi connectivity index (χ1n) is 7.34. The van der Waals surface area contributed by atoms with E-state index in [2.05, 4.69) is 9.97 Å². The van der Waals surface area contributed by atoms with Gasteiger partial charge in [-0.25, -0.2) is 26.1 Å². The van der Waals surface area contributed by atoms with Crippen molar-refractivity contribution >= 4 is 20.0 Å². The highest BCUT2D eigenvalue weighted by Gasteiger charge is 2.31. The molecule has 0 saturated carbocycles. The van der Waals surface area contributed by atoms with Crippen molar-refractivity contribution < 1.29 is 16.8 Å². The SMILES string of the molecule is CCCCS(=O)(=O)N1CCCN(S(=O)(=O)c2cnc[nH]2)CC1. The Bertz CT molecular complexity index is 670. The number of aromatic nitrogens is 2. The van der Waals surface area contributed by atoms with Crippen LogP contribution in [0.25, 0.3) is 0 Å². The quantitative estimate of drug-likeness (QED) is 0.791. The van der Waals surface area contributed by atoms with Crippen molar-refractivity contribution in [2.45, 2.75) is 31.2 Å². The molecule has 1 aliphatic rings. The topological polar surface area (TPSA) is 103 Å². The Morgan fingerprint density at radius 3 is 2.45 bits per heavy atom. The van der Waals surface area contributed by atoms with Crippen LogP contribution in [0.2, 0.25) is 0 Å². The molecule has 1 aliphatic heterocycles. The number of H-pyrrole nitrogens is 1. The van der Waals surface area contributed by atoms with Crippen LogP contribution in [0, 0.1) is 0 Å². The smallest absolute Gasteiger partial charge is 0.260 e. The van der Waals surface area contributed by atoms with Crippen molar-refractivity contribution in [3.05, 3.63) is 12.5 Å². The summed E-state index contributed by atoms with van der Waals surface area (Å²) in [5, 5.41) is 0.0368. The second kappa shape index (κ2) is 7.07. The first kappa shape index (κ1) is 17.4. The third-order valence-electron chi connectivity index (χ3n) is 3.65. The van der Waals surface area contributed by atoms with Crippen molar-refractivity contribution in [1.82, 2.24) is 18.6 Å². The zero-order chi connectivity index (χ0) is 16.2. The Balaban J connectivity index is 2.07. The fourth-order valence-corrected chi connectivity index (χ4v) is 5.41. The predicted octanol–water partition coefficient (Wildman–Crippen LogP) is 0.236. The molecule has 0 aliphatic carbocycles. The largest absolute Gasteiger partial charge is 0.335 e. The lowest BCUT2D eigenvalue weighted by atomic mass is 10.4. The van der Waals surface area contributed by atoms with E-state index in [4.69, 9.17) is 0 Å². The summed E-state index contributed by atoms with van der Waals surface area (Å²) in [7, 11) is -6.93. The molecule has 0 radical (unpaired) electrons. The fourth-order valence-electron chi connectivity index (χ4n) is 2.37. The normalized spacial score (nSPS) is 19.1. The first-order valence-corrected chi connectivity index (χ1v) is 10.4. The summed E-state index contributed by atoms with van der Waals surface area (Å²) >= 11 is 0. The van der Waals surface area contributed by atoms with Crippen LogP contribution in [0.15, 0.2) is 17.6 Å². The zero-order valence-corrected chi connectivity index (χ0v) is 14.2. The maximum Gasteiger partial charge on any atom is 0.260 e. The lowest BCUT2D eigenvalue weighted by molar-refractivity contribution is 0.403. The second-order valence-electron chi connectivity index (χ2n) is 5.24. The minimum absolute atomic E-state index is 0.0368. The van der Waals surface area contributed by atoms with Gasteiger partial charge in [-0.3, -0.25) is 0 Å². The molecule has 0 amide bonds. The number of nitrogens with one attached hydrogen (secondary N) is 1. The highest BCUT2D eigenvalue weighted by Crippen LogP contribution is 2.17. The number of nitrogens with zero attached hydrogens (tertiary/aromatic N) is 3. The van der Waals surface area contributed by atoms with Crippen LogP contribution in [-0.2, 0) is 20.0 Å². The molecular weight excluding hydrogens is 328 g/mol. The van der Waals surface area contributed by atoms with Crippen LogP contribution in [0.3, 0.4) is 0 Å². The van der Waals surface area contributed by atoms with Crippen LogP contribution in [0.1, 0.15) is 26.2 Å². The molecule has 2 heterocycles. The van der Waals surface area contributed by atoms with Gasteiger partial charge in [-0.05, 0) is 12.8 Å². The molecule has 0 atom stereocenters. The molecule has 10 heteroatoms. The van der Waals surface area contributed by atoms with Crippen molar-refractivity contribution in [3.63, 3.8) is 0 Å². The van der Waals surface area contributed by atoms with Gasteiger partial charge in [0, 0.05) is 26.2 Å². The summed E-state index contributed by atoms with van der Waals surface area (Å²) in [6.07, 6.45) is 4.49. The Kier molecular flexibility index (Phi) is 5.59. The minimum atomic E-state index is -3.63. The van der Waals surface area contributed by atoms with E-state index in [0.29, 0.717) is 25.9 Å². The molecule has 1 aromatic rings. The van der Waals surface area contributed by atoms with E-state index in [1.54, 1.807) is 0 Å². The van der Waals surface area contributed by atoms with Gasteiger partial charge in [0.15, 0.2) is 5.03 Å². The first-order chi connectivity index (χ1) is 10.4. The molecule has 8 nitrogen and oxygen atoms in total. The van der Waals surface area contributed by atoms with Gasteiger partial charge in [0.2, 0.25) is 10.0 Å². The van der Waals surface area contributed by atoms with Crippen LogP contribution in [-0.4, -0.2) is 67.3 Å². The summed E-state index contributed by atoms with van der Waals surface area (Å²) < 4.78 is 52.0. The predicted molar refractivity (Wildman–Crippen MR) is 82.2 cm³/mol. The summed E-state index contributed by atoms with van der Waals surface area (Å²) in [6, 6.07) is 0. The Hall–Kier alpha value is -0.970. The van der Waals surface area contributed by atoms with Crippen LogP contribution >= 0.6 is 0 Å². The van der Waals surface area contributed by atoms with Gasteiger partial charge in [-0.2, -0.15) is 4.31 Å². The third-order valence-corrected chi connectivity index (χ3v) is 7.43. The monoisotopic (exact) mass is 350 g/mol. The molecule has 0 unspecified atom stereocenters.